The molecule has 2 amide bonds. The third kappa shape index (κ3) is 3.72. The van der Waals surface area contributed by atoms with Crippen LogP contribution in [0.4, 0.5) is 4.39 Å². The van der Waals surface area contributed by atoms with Gasteiger partial charge < -0.3 is 10.2 Å². The van der Waals surface area contributed by atoms with Gasteiger partial charge in [-0.25, -0.2) is 4.39 Å². The molecule has 7 heteroatoms. The van der Waals surface area contributed by atoms with E-state index in [0.717, 1.165) is 16.5 Å². The third-order valence-corrected chi connectivity index (χ3v) is 5.51. The number of benzene rings is 2. The van der Waals surface area contributed by atoms with Gasteiger partial charge in [0.15, 0.2) is 11.4 Å². The molecule has 150 valence electrons. The Balaban J connectivity index is 1.40. The van der Waals surface area contributed by atoms with Crippen LogP contribution < -0.4 is 5.32 Å². The van der Waals surface area contributed by atoms with Crippen molar-refractivity contribution in [2.45, 2.75) is 25.1 Å². The second kappa shape index (κ2) is 7.66. The van der Waals surface area contributed by atoms with Crippen molar-refractivity contribution in [3.05, 3.63) is 65.9 Å². The van der Waals surface area contributed by atoms with Crippen molar-refractivity contribution in [1.82, 2.24) is 20.0 Å². The van der Waals surface area contributed by atoms with Crippen molar-refractivity contribution in [1.29, 1.82) is 0 Å². The summed E-state index contributed by atoms with van der Waals surface area (Å²) in [6.07, 6.45) is -0.0474. The minimum Gasteiger partial charge on any atom is -0.349 e. The first kappa shape index (κ1) is 19.1. The zero-order chi connectivity index (χ0) is 20.4. The number of hydrogen-bond acceptors (Lipinski definition) is 3. The first-order chi connectivity index (χ1) is 14.0. The molecule has 0 saturated carbocycles. The molecule has 0 aliphatic carbocycles. The highest BCUT2D eigenvalue weighted by Crippen LogP contribution is 2.29. The number of piperidine rings is 1. The van der Waals surface area contributed by atoms with E-state index < -0.39 is 11.6 Å². The van der Waals surface area contributed by atoms with E-state index in [1.165, 1.54) is 0 Å². The lowest BCUT2D eigenvalue weighted by Gasteiger charge is -2.35. The lowest BCUT2D eigenvalue weighted by Crippen LogP contribution is -2.52. The van der Waals surface area contributed by atoms with E-state index in [9.17, 15) is 9.59 Å². The second-order valence-electron chi connectivity index (χ2n) is 7.42. The highest BCUT2D eigenvalue weighted by atomic mass is 19.1. The van der Waals surface area contributed by atoms with Crippen LogP contribution in [-0.2, 0) is 18.4 Å². The van der Waals surface area contributed by atoms with Crippen molar-refractivity contribution in [3.8, 4) is 0 Å². The zero-order valence-electron chi connectivity index (χ0n) is 16.3. The molecule has 1 saturated heterocycles. The SMILES string of the molecule is Cn1nc(C(=O)N2CCC(F)(C(=O)NCc3ccccc3)CC2)c2ccccc21. The average molecular weight is 394 g/mol. The predicted molar refractivity (Wildman–Crippen MR) is 108 cm³/mol. The second-order valence-corrected chi connectivity index (χ2v) is 7.42. The number of rotatable bonds is 4. The fourth-order valence-corrected chi connectivity index (χ4v) is 3.75. The van der Waals surface area contributed by atoms with Gasteiger partial charge in [0.1, 0.15) is 0 Å². The fraction of sp³-hybridized carbons (Fsp3) is 0.318. The van der Waals surface area contributed by atoms with Gasteiger partial charge in [-0.15, -0.1) is 0 Å². The van der Waals surface area contributed by atoms with E-state index in [1.54, 1.807) is 16.6 Å². The molecule has 4 rings (SSSR count). The summed E-state index contributed by atoms with van der Waals surface area (Å²) in [4.78, 5) is 26.9. The summed E-state index contributed by atoms with van der Waals surface area (Å²) in [5.74, 6) is -0.842. The number of fused-ring (bicyclic) bond motifs is 1. The molecule has 0 bridgehead atoms. The molecule has 1 fully saturated rings. The maximum absolute atomic E-state index is 15.2. The topological polar surface area (TPSA) is 67.2 Å². The van der Waals surface area contributed by atoms with Crippen molar-refractivity contribution < 1.29 is 14.0 Å². The van der Waals surface area contributed by atoms with Gasteiger partial charge in [0, 0.05) is 44.9 Å². The smallest absolute Gasteiger partial charge is 0.275 e. The van der Waals surface area contributed by atoms with Crippen LogP contribution in [0.15, 0.2) is 54.6 Å². The first-order valence-electron chi connectivity index (χ1n) is 9.70. The standard InChI is InChI=1S/C22H23FN4O2/c1-26-18-10-6-5-9-17(18)19(25-26)20(28)27-13-11-22(23,12-14-27)21(29)24-15-16-7-3-2-4-8-16/h2-10H,11-15H2,1H3,(H,24,29). The Morgan fingerprint density at radius 3 is 2.45 bits per heavy atom. The van der Waals surface area contributed by atoms with Crippen LogP contribution in [0.5, 0.6) is 0 Å². The summed E-state index contributed by atoms with van der Waals surface area (Å²) in [7, 11) is 1.79. The average Bonchev–Trinajstić information content (AvgIpc) is 3.09. The number of halogens is 1. The highest BCUT2D eigenvalue weighted by Gasteiger charge is 2.43. The number of carbonyl (C=O) groups is 2. The molecule has 1 N–H and O–H groups in total. The summed E-state index contributed by atoms with van der Waals surface area (Å²) < 4.78 is 16.9. The van der Waals surface area contributed by atoms with Crippen molar-refractivity contribution in [3.63, 3.8) is 0 Å². The van der Waals surface area contributed by atoms with Gasteiger partial charge in [-0.05, 0) is 11.6 Å². The quantitative estimate of drug-likeness (QED) is 0.740. The van der Waals surface area contributed by atoms with Gasteiger partial charge in [0.05, 0.1) is 5.52 Å². The summed E-state index contributed by atoms with van der Waals surface area (Å²) in [6.45, 7) is 0.645. The van der Waals surface area contributed by atoms with Crippen LogP contribution in [0.1, 0.15) is 28.9 Å². The van der Waals surface area contributed by atoms with E-state index in [1.807, 2.05) is 54.6 Å². The van der Waals surface area contributed by atoms with Gasteiger partial charge in [0.25, 0.3) is 11.8 Å². The van der Waals surface area contributed by atoms with Crippen LogP contribution in [0.3, 0.4) is 0 Å². The molecule has 0 radical (unpaired) electrons. The molecule has 0 unspecified atom stereocenters. The summed E-state index contributed by atoms with van der Waals surface area (Å²) in [6, 6.07) is 16.9. The molecule has 0 spiro atoms. The summed E-state index contributed by atoms with van der Waals surface area (Å²) in [5.41, 5.74) is 0.188. The Morgan fingerprint density at radius 1 is 1.07 bits per heavy atom. The van der Waals surface area contributed by atoms with Gasteiger partial charge >= 0.3 is 0 Å². The molecular weight excluding hydrogens is 371 g/mol. The van der Waals surface area contributed by atoms with Crippen molar-refractivity contribution in [2.24, 2.45) is 7.05 Å². The number of hydrogen-bond donors (Lipinski definition) is 1. The monoisotopic (exact) mass is 394 g/mol. The largest absolute Gasteiger partial charge is 0.349 e. The van der Waals surface area contributed by atoms with Gasteiger partial charge in [-0.3, -0.25) is 14.3 Å². The van der Waals surface area contributed by atoms with E-state index in [-0.39, 0.29) is 38.4 Å². The predicted octanol–water partition coefficient (Wildman–Crippen LogP) is 2.83. The van der Waals surface area contributed by atoms with Gasteiger partial charge in [-0.2, -0.15) is 5.10 Å². The molecule has 3 aromatic rings. The molecule has 6 nitrogen and oxygen atoms in total. The van der Waals surface area contributed by atoms with Crippen LogP contribution in [0.25, 0.3) is 10.9 Å². The molecule has 0 atom stereocenters. The Bertz CT molecular complexity index is 1040. The normalized spacial score (nSPS) is 16.0. The zero-order valence-corrected chi connectivity index (χ0v) is 16.3. The lowest BCUT2D eigenvalue weighted by atomic mass is 9.92. The number of alkyl halides is 1. The Hall–Kier alpha value is -3.22. The summed E-state index contributed by atoms with van der Waals surface area (Å²) >= 11 is 0. The van der Waals surface area contributed by atoms with Crippen molar-refractivity contribution >= 4 is 22.7 Å². The Morgan fingerprint density at radius 2 is 1.72 bits per heavy atom. The van der Waals surface area contributed by atoms with Crippen LogP contribution in [0, 0.1) is 0 Å². The minimum absolute atomic E-state index is 0.0237. The number of aryl methyl sites for hydroxylation is 1. The van der Waals surface area contributed by atoms with Gasteiger partial charge in [-0.1, -0.05) is 48.5 Å². The van der Waals surface area contributed by atoms with Crippen LogP contribution >= 0.6 is 0 Å². The summed E-state index contributed by atoms with van der Waals surface area (Å²) in [5, 5.41) is 7.81. The number of nitrogens with one attached hydrogen (secondary N) is 1. The number of aromatic nitrogens is 2. The van der Waals surface area contributed by atoms with Crippen molar-refractivity contribution in [2.75, 3.05) is 13.1 Å². The maximum Gasteiger partial charge on any atom is 0.275 e. The van der Waals surface area contributed by atoms with Gasteiger partial charge in [0.2, 0.25) is 0 Å². The molecule has 2 aromatic carbocycles. The number of likely N-dealkylation sites (tertiary alicyclic amines) is 1. The van der Waals surface area contributed by atoms with Crippen LogP contribution in [-0.4, -0.2) is 45.3 Å². The maximum atomic E-state index is 15.2. The number of nitrogens with zero attached hydrogens (tertiary/aromatic N) is 3. The number of amides is 2. The lowest BCUT2D eigenvalue weighted by molar-refractivity contribution is -0.135. The van der Waals surface area contributed by atoms with E-state index in [2.05, 4.69) is 10.4 Å². The minimum atomic E-state index is -1.96. The number of para-hydroxylation sites is 1. The molecular formula is C22H23FN4O2. The fourth-order valence-electron chi connectivity index (χ4n) is 3.75. The van der Waals surface area contributed by atoms with E-state index in [0.29, 0.717) is 5.69 Å². The molecule has 2 heterocycles. The number of carbonyl (C=O) groups excluding carboxylic acids is 2. The Labute approximate surface area is 168 Å². The highest BCUT2D eigenvalue weighted by molar-refractivity contribution is 6.05. The molecule has 29 heavy (non-hydrogen) atoms. The first-order valence-corrected chi connectivity index (χ1v) is 9.70. The van der Waals surface area contributed by atoms with E-state index >= 15 is 4.39 Å². The third-order valence-electron chi connectivity index (χ3n) is 5.51. The van der Waals surface area contributed by atoms with E-state index in [4.69, 9.17) is 0 Å². The molecule has 1 aromatic heterocycles. The van der Waals surface area contributed by atoms with Crippen LogP contribution in [0.2, 0.25) is 0 Å². The molecule has 1 aliphatic heterocycles. The molecule has 1 aliphatic rings. The Kier molecular flexibility index (Phi) is 5.05.